The summed E-state index contributed by atoms with van der Waals surface area (Å²) in [5.74, 6) is 0. The minimum atomic E-state index is -4.29. The SMILES string of the molecule is Cc1cnn(CC(F)(F)F)c1-c1ccc(Cl)cc1. The topological polar surface area (TPSA) is 17.8 Å². The van der Waals surface area contributed by atoms with Crippen LogP contribution >= 0.6 is 11.6 Å². The first-order chi connectivity index (χ1) is 8.37. The van der Waals surface area contributed by atoms with Crippen molar-refractivity contribution in [3.05, 3.63) is 41.0 Å². The standard InChI is InChI=1S/C12H10ClF3N2/c1-8-6-17-18(7-12(14,15)16)11(8)9-2-4-10(13)5-3-9/h2-6H,7H2,1H3. The molecular weight excluding hydrogens is 265 g/mol. The van der Waals surface area contributed by atoms with Crippen LogP contribution in [0.4, 0.5) is 13.2 Å². The van der Waals surface area contributed by atoms with Gasteiger partial charge in [-0.05, 0) is 24.6 Å². The number of aryl methyl sites for hydroxylation is 1. The van der Waals surface area contributed by atoms with E-state index in [0.29, 0.717) is 21.8 Å². The molecule has 2 aromatic rings. The minimum absolute atomic E-state index is 0.462. The summed E-state index contributed by atoms with van der Waals surface area (Å²) < 4.78 is 38.2. The molecule has 1 heterocycles. The van der Waals surface area contributed by atoms with Crippen LogP contribution in [-0.2, 0) is 6.54 Å². The Morgan fingerprint density at radius 3 is 2.39 bits per heavy atom. The average molecular weight is 275 g/mol. The number of nitrogens with zero attached hydrogens (tertiary/aromatic N) is 2. The van der Waals surface area contributed by atoms with Gasteiger partial charge in [-0.3, -0.25) is 4.68 Å². The predicted molar refractivity (Wildman–Crippen MR) is 63.5 cm³/mol. The fourth-order valence-corrected chi connectivity index (χ4v) is 1.88. The van der Waals surface area contributed by atoms with Crippen LogP contribution in [0.2, 0.25) is 5.02 Å². The third-order valence-electron chi connectivity index (χ3n) is 2.47. The summed E-state index contributed by atoms with van der Waals surface area (Å²) in [4.78, 5) is 0. The lowest BCUT2D eigenvalue weighted by Gasteiger charge is -2.11. The van der Waals surface area contributed by atoms with Crippen molar-refractivity contribution in [3.63, 3.8) is 0 Å². The van der Waals surface area contributed by atoms with Crippen molar-refractivity contribution < 1.29 is 13.2 Å². The highest BCUT2D eigenvalue weighted by Gasteiger charge is 2.30. The smallest absolute Gasteiger partial charge is 0.255 e. The molecule has 0 saturated carbocycles. The Morgan fingerprint density at radius 2 is 1.83 bits per heavy atom. The van der Waals surface area contributed by atoms with E-state index < -0.39 is 12.7 Å². The Labute approximate surface area is 107 Å². The molecule has 18 heavy (non-hydrogen) atoms. The Morgan fingerprint density at radius 1 is 1.22 bits per heavy atom. The Hall–Kier alpha value is -1.49. The van der Waals surface area contributed by atoms with Crippen LogP contribution in [0.3, 0.4) is 0 Å². The molecule has 6 heteroatoms. The van der Waals surface area contributed by atoms with Gasteiger partial charge < -0.3 is 0 Å². The molecule has 2 nitrogen and oxygen atoms in total. The lowest BCUT2D eigenvalue weighted by molar-refractivity contribution is -0.142. The summed E-state index contributed by atoms with van der Waals surface area (Å²) >= 11 is 5.76. The van der Waals surface area contributed by atoms with E-state index in [4.69, 9.17) is 11.6 Å². The van der Waals surface area contributed by atoms with Gasteiger partial charge in [0, 0.05) is 10.6 Å². The lowest BCUT2D eigenvalue weighted by Crippen LogP contribution is -2.19. The summed E-state index contributed by atoms with van der Waals surface area (Å²) in [6, 6.07) is 6.64. The molecule has 2 rings (SSSR count). The number of benzene rings is 1. The summed E-state index contributed by atoms with van der Waals surface area (Å²) in [6.07, 6.45) is -2.87. The molecule has 0 bridgehead atoms. The molecule has 0 amide bonds. The zero-order chi connectivity index (χ0) is 13.3. The quantitative estimate of drug-likeness (QED) is 0.807. The van der Waals surface area contributed by atoms with Crippen molar-refractivity contribution in [2.24, 2.45) is 0 Å². The normalized spacial score (nSPS) is 11.8. The molecule has 0 unspecified atom stereocenters. The molecular formula is C12H10ClF3N2. The van der Waals surface area contributed by atoms with E-state index in [1.807, 2.05) is 0 Å². The van der Waals surface area contributed by atoms with Crippen molar-refractivity contribution in [3.8, 4) is 11.3 Å². The van der Waals surface area contributed by atoms with E-state index in [1.165, 1.54) is 6.20 Å². The second kappa shape index (κ2) is 4.65. The number of hydrogen-bond acceptors (Lipinski definition) is 1. The van der Waals surface area contributed by atoms with E-state index in [2.05, 4.69) is 5.10 Å². The Balaban J connectivity index is 2.43. The lowest BCUT2D eigenvalue weighted by atomic mass is 10.1. The fourth-order valence-electron chi connectivity index (χ4n) is 1.75. The fraction of sp³-hybridized carbons (Fsp3) is 0.250. The second-order valence-corrected chi connectivity index (χ2v) is 4.39. The highest BCUT2D eigenvalue weighted by atomic mass is 35.5. The molecule has 1 aromatic heterocycles. The van der Waals surface area contributed by atoms with Crippen molar-refractivity contribution in [1.82, 2.24) is 9.78 Å². The van der Waals surface area contributed by atoms with E-state index in [1.54, 1.807) is 31.2 Å². The molecule has 0 spiro atoms. The first-order valence-electron chi connectivity index (χ1n) is 5.22. The first kappa shape index (κ1) is 13.0. The van der Waals surface area contributed by atoms with Gasteiger partial charge in [0.2, 0.25) is 0 Å². The number of aromatic nitrogens is 2. The van der Waals surface area contributed by atoms with Gasteiger partial charge in [-0.25, -0.2) is 0 Å². The Kier molecular flexibility index (Phi) is 3.34. The van der Waals surface area contributed by atoms with Crippen molar-refractivity contribution >= 4 is 11.6 Å². The monoisotopic (exact) mass is 274 g/mol. The van der Waals surface area contributed by atoms with Crippen LogP contribution in [-0.4, -0.2) is 16.0 Å². The van der Waals surface area contributed by atoms with Crippen LogP contribution in [0.5, 0.6) is 0 Å². The van der Waals surface area contributed by atoms with Crippen LogP contribution in [0.25, 0.3) is 11.3 Å². The summed E-state index contributed by atoms with van der Waals surface area (Å²) in [5.41, 5.74) is 1.82. The minimum Gasteiger partial charge on any atom is -0.255 e. The van der Waals surface area contributed by atoms with Crippen molar-refractivity contribution in [2.75, 3.05) is 0 Å². The average Bonchev–Trinajstić information content (AvgIpc) is 2.59. The molecule has 0 saturated heterocycles. The summed E-state index contributed by atoms with van der Waals surface area (Å²) in [7, 11) is 0. The van der Waals surface area contributed by atoms with Gasteiger partial charge in [-0.1, -0.05) is 23.7 Å². The van der Waals surface area contributed by atoms with Gasteiger partial charge in [0.1, 0.15) is 6.54 Å². The molecule has 0 aliphatic carbocycles. The zero-order valence-electron chi connectivity index (χ0n) is 9.50. The molecule has 0 atom stereocenters. The van der Waals surface area contributed by atoms with Gasteiger partial charge in [-0.2, -0.15) is 18.3 Å². The van der Waals surface area contributed by atoms with Gasteiger partial charge in [0.25, 0.3) is 0 Å². The Bertz CT molecular complexity index is 543. The highest BCUT2D eigenvalue weighted by molar-refractivity contribution is 6.30. The molecule has 0 aliphatic rings. The molecule has 0 aliphatic heterocycles. The number of alkyl halides is 3. The maximum absolute atomic E-state index is 12.4. The maximum Gasteiger partial charge on any atom is 0.408 e. The van der Waals surface area contributed by atoms with Gasteiger partial charge >= 0.3 is 6.18 Å². The van der Waals surface area contributed by atoms with Crippen LogP contribution in [0, 0.1) is 6.92 Å². The number of halogens is 4. The largest absolute Gasteiger partial charge is 0.408 e. The third-order valence-corrected chi connectivity index (χ3v) is 2.72. The van der Waals surface area contributed by atoms with E-state index in [9.17, 15) is 13.2 Å². The molecule has 0 fully saturated rings. The third kappa shape index (κ3) is 2.85. The van der Waals surface area contributed by atoms with Crippen LogP contribution < -0.4 is 0 Å². The van der Waals surface area contributed by atoms with E-state index in [-0.39, 0.29) is 0 Å². The van der Waals surface area contributed by atoms with E-state index >= 15 is 0 Å². The highest BCUT2D eigenvalue weighted by Crippen LogP contribution is 2.27. The van der Waals surface area contributed by atoms with Gasteiger partial charge in [0.15, 0.2) is 0 Å². The zero-order valence-corrected chi connectivity index (χ0v) is 10.3. The molecule has 0 radical (unpaired) electrons. The van der Waals surface area contributed by atoms with Crippen LogP contribution in [0.15, 0.2) is 30.5 Å². The second-order valence-electron chi connectivity index (χ2n) is 3.96. The van der Waals surface area contributed by atoms with Crippen LogP contribution in [0.1, 0.15) is 5.56 Å². The van der Waals surface area contributed by atoms with E-state index in [0.717, 1.165) is 4.68 Å². The molecule has 96 valence electrons. The number of hydrogen-bond donors (Lipinski definition) is 0. The first-order valence-corrected chi connectivity index (χ1v) is 5.60. The van der Waals surface area contributed by atoms with Crippen molar-refractivity contribution in [1.29, 1.82) is 0 Å². The summed E-state index contributed by atoms with van der Waals surface area (Å²) in [6.45, 7) is 0.628. The van der Waals surface area contributed by atoms with Crippen molar-refractivity contribution in [2.45, 2.75) is 19.6 Å². The number of rotatable bonds is 2. The molecule has 1 aromatic carbocycles. The van der Waals surface area contributed by atoms with Gasteiger partial charge in [0.05, 0.1) is 11.9 Å². The van der Waals surface area contributed by atoms with Gasteiger partial charge in [-0.15, -0.1) is 0 Å². The predicted octanol–water partition coefficient (Wildman–Crippen LogP) is 4.07. The maximum atomic E-state index is 12.4. The summed E-state index contributed by atoms with van der Waals surface area (Å²) in [5, 5.41) is 4.30. The molecule has 0 N–H and O–H groups in total.